The zero-order valence-electron chi connectivity index (χ0n) is 14.6. The lowest BCUT2D eigenvalue weighted by molar-refractivity contribution is -0.147. The number of amides is 2. The van der Waals surface area contributed by atoms with Crippen molar-refractivity contribution in [2.45, 2.75) is 31.2 Å². The number of nitrogens with one attached hydrogen (secondary N) is 2. The van der Waals surface area contributed by atoms with Crippen LogP contribution in [0.2, 0.25) is 0 Å². The maximum atomic E-state index is 12.1. The van der Waals surface area contributed by atoms with E-state index in [-0.39, 0.29) is 12.4 Å². The molecule has 1 saturated carbocycles. The number of furan rings is 1. The lowest BCUT2D eigenvalue weighted by atomic mass is 9.98. The minimum absolute atomic E-state index is 0.177. The van der Waals surface area contributed by atoms with Gasteiger partial charge in [-0.3, -0.25) is 9.59 Å². The SMILES string of the molecule is O=C(COc1cccc(NC(=O)c2ccco2)c1)NC1(C(=O)O)CCCC1. The molecule has 0 unspecified atom stereocenters. The van der Waals surface area contributed by atoms with Gasteiger partial charge < -0.3 is 24.9 Å². The molecule has 1 fully saturated rings. The molecule has 8 heteroatoms. The predicted octanol–water partition coefficient (Wildman–Crippen LogP) is 2.42. The molecule has 1 aliphatic carbocycles. The molecule has 1 aromatic carbocycles. The molecular formula is C19H20N2O6. The molecule has 1 aliphatic rings. The fourth-order valence-electron chi connectivity index (χ4n) is 3.09. The van der Waals surface area contributed by atoms with E-state index in [1.165, 1.54) is 6.26 Å². The topological polar surface area (TPSA) is 118 Å². The summed E-state index contributed by atoms with van der Waals surface area (Å²) in [6.07, 6.45) is 3.78. The van der Waals surface area contributed by atoms with Crippen molar-refractivity contribution in [1.82, 2.24) is 5.32 Å². The third kappa shape index (κ3) is 4.46. The lowest BCUT2D eigenvalue weighted by Crippen LogP contribution is -2.53. The molecule has 0 saturated heterocycles. The zero-order valence-corrected chi connectivity index (χ0v) is 14.6. The van der Waals surface area contributed by atoms with Gasteiger partial charge in [-0.05, 0) is 37.1 Å². The number of hydrogen-bond acceptors (Lipinski definition) is 5. The Morgan fingerprint density at radius 2 is 1.93 bits per heavy atom. The highest BCUT2D eigenvalue weighted by atomic mass is 16.5. The number of carbonyl (C=O) groups excluding carboxylic acids is 2. The van der Waals surface area contributed by atoms with E-state index in [1.54, 1.807) is 36.4 Å². The van der Waals surface area contributed by atoms with Crippen LogP contribution in [0.4, 0.5) is 5.69 Å². The van der Waals surface area contributed by atoms with Crippen molar-refractivity contribution in [3.05, 3.63) is 48.4 Å². The van der Waals surface area contributed by atoms with Gasteiger partial charge in [-0.25, -0.2) is 4.79 Å². The molecule has 1 heterocycles. The summed E-state index contributed by atoms with van der Waals surface area (Å²) in [6, 6.07) is 9.70. The van der Waals surface area contributed by atoms with Crippen LogP contribution in [0, 0.1) is 0 Å². The molecule has 2 amide bonds. The molecule has 2 aromatic rings. The predicted molar refractivity (Wildman–Crippen MR) is 95.6 cm³/mol. The van der Waals surface area contributed by atoms with E-state index in [0.29, 0.717) is 24.3 Å². The Kier molecular flexibility index (Phi) is 5.44. The minimum atomic E-state index is -1.20. The minimum Gasteiger partial charge on any atom is -0.484 e. The highest BCUT2D eigenvalue weighted by Gasteiger charge is 2.42. The number of carboxylic acid groups (broad SMARTS) is 1. The fraction of sp³-hybridized carbons (Fsp3) is 0.316. The van der Waals surface area contributed by atoms with Crippen LogP contribution in [-0.4, -0.2) is 35.0 Å². The monoisotopic (exact) mass is 372 g/mol. The van der Waals surface area contributed by atoms with Crippen molar-refractivity contribution >= 4 is 23.5 Å². The average Bonchev–Trinajstić information content (AvgIpc) is 3.33. The summed E-state index contributed by atoms with van der Waals surface area (Å²) >= 11 is 0. The molecule has 0 spiro atoms. The molecule has 0 atom stereocenters. The third-order valence-corrected chi connectivity index (χ3v) is 4.45. The van der Waals surface area contributed by atoms with E-state index >= 15 is 0 Å². The van der Waals surface area contributed by atoms with Crippen molar-refractivity contribution in [3.63, 3.8) is 0 Å². The number of hydrogen-bond donors (Lipinski definition) is 3. The van der Waals surface area contributed by atoms with Crippen LogP contribution in [0.3, 0.4) is 0 Å². The number of carbonyl (C=O) groups is 3. The molecule has 0 bridgehead atoms. The fourth-order valence-corrected chi connectivity index (χ4v) is 3.09. The maximum absolute atomic E-state index is 12.1. The maximum Gasteiger partial charge on any atom is 0.329 e. The second kappa shape index (κ2) is 7.94. The van der Waals surface area contributed by atoms with E-state index in [1.807, 2.05) is 0 Å². The second-order valence-corrected chi connectivity index (χ2v) is 6.39. The van der Waals surface area contributed by atoms with Gasteiger partial charge >= 0.3 is 5.97 Å². The number of rotatable bonds is 7. The van der Waals surface area contributed by atoms with Crippen molar-refractivity contribution in [3.8, 4) is 5.75 Å². The van der Waals surface area contributed by atoms with Crippen LogP contribution in [0.1, 0.15) is 36.2 Å². The van der Waals surface area contributed by atoms with Crippen LogP contribution < -0.4 is 15.4 Å². The van der Waals surface area contributed by atoms with Gasteiger partial charge in [-0.1, -0.05) is 18.9 Å². The van der Waals surface area contributed by atoms with Crippen molar-refractivity contribution in [1.29, 1.82) is 0 Å². The smallest absolute Gasteiger partial charge is 0.329 e. The number of ether oxygens (including phenoxy) is 1. The summed E-state index contributed by atoms with van der Waals surface area (Å²) in [5, 5.41) is 14.6. The molecule has 3 rings (SSSR count). The summed E-state index contributed by atoms with van der Waals surface area (Å²) in [7, 11) is 0. The van der Waals surface area contributed by atoms with Crippen LogP contribution in [0.5, 0.6) is 5.75 Å². The largest absolute Gasteiger partial charge is 0.484 e. The van der Waals surface area contributed by atoms with Gasteiger partial charge in [0, 0.05) is 11.8 Å². The molecule has 27 heavy (non-hydrogen) atoms. The Bertz CT molecular complexity index is 824. The molecule has 0 aliphatic heterocycles. The first-order chi connectivity index (χ1) is 13.0. The van der Waals surface area contributed by atoms with Crippen LogP contribution >= 0.6 is 0 Å². The van der Waals surface area contributed by atoms with Gasteiger partial charge in [0.2, 0.25) is 0 Å². The number of anilines is 1. The Hall–Kier alpha value is -3.29. The van der Waals surface area contributed by atoms with E-state index in [0.717, 1.165) is 12.8 Å². The normalized spacial score (nSPS) is 15.1. The highest BCUT2D eigenvalue weighted by molar-refractivity contribution is 6.02. The van der Waals surface area contributed by atoms with E-state index in [4.69, 9.17) is 9.15 Å². The highest BCUT2D eigenvalue weighted by Crippen LogP contribution is 2.29. The van der Waals surface area contributed by atoms with E-state index in [9.17, 15) is 19.5 Å². The van der Waals surface area contributed by atoms with Gasteiger partial charge in [-0.2, -0.15) is 0 Å². The van der Waals surface area contributed by atoms with Crippen LogP contribution in [-0.2, 0) is 9.59 Å². The number of benzene rings is 1. The molecule has 8 nitrogen and oxygen atoms in total. The van der Waals surface area contributed by atoms with Crippen molar-refractivity contribution in [2.75, 3.05) is 11.9 Å². The van der Waals surface area contributed by atoms with Gasteiger partial charge in [0.15, 0.2) is 12.4 Å². The van der Waals surface area contributed by atoms with Gasteiger partial charge in [-0.15, -0.1) is 0 Å². The Morgan fingerprint density at radius 3 is 2.59 bits per heavy atom. The summed E-state index contributed by atoms with van der Waals surface area (Å²) in [4.78, 5) is 35.6. The second-order valence-electron chi connectivity index (χ2n) is 6.39. The Balaban J connectivity index is 1.56. The van der Waals surface area contributed by atoms with Gasteiger partial charge in [0.05, 0.1) is 6.26 Å². The average molecular weight is 372 g/mol. The van der Waals surface area contributed by atoms with Crippen LogP contribution in [0.15, 0.2) is 47.1 Å². The van der Waals surface area contributed by atoms with Crippen molar-refractivity contribution in [2.24, 2.45) is 0 Å². The molecule has 1 aromatic heterocycles. The number of aliphatic carboxylic acids is 1. The molecule has 3 N–H and O–H groups in total. The first-order valence-corrected chi connectivity index (χ1v) is 8.61. The van der Waals surface area contributed by atoms with E-state index in [2.05, 4.69) is 10.6 Å². The summed E-state index contributed by atoms with van der Waals surface area (Å²) in [5.74, 6) is -1.37. The first-order valence-electron chi connectivity index (χ1n) is 8.61. The van der Waals surface area contributed by atoms with E-state index < -0.39 is 23.3 Å². The standard InChI is InChI=1S/C19H20N2O6/c22-16(21-19(18(24)25)8-1-2-9-19)12-27-14-6-3-5-13(11-14)20-17(23)15-7-4-10-26-15/h3-7,10-11H,1-2,8-9,12H2,(H,20,23)(H,21,22)(H,24,25). The number of carboxylic acids is 1. The zero-order chi connectivity index (χ0) is 19.3. The Labute approximate surface area is 155 Å². The quantitative estimate of drug-likeness (QED) is 0.687. The summed E-state index contributed by atoms with van der Waals surface area (Å²) in [6.45, 7) is -0.315. The van der Waals surface area contributed by atoms with Crippen molar-refractivity contribution < 1.29 is 28.6 Å². The first kappa shape index (κ1) is 18.5. The third-order valence-electron chi connectivity index (χ3n) is 4.45. The molecule has 142 valence electrons. The molecule has 0 radical (unpaired) electrons. The lowest BCUT2D eigenvalue weighted by Gasteiger charge is -2.25. The Morgan fingerprint density at radius 1 is 1.15 bits per heavy atom. The summed E-state index contributed by atoms with van der Waals surface area (Å²) in [5.41, 5.74) is -0.716. The molecular weight excluding hydrogens is 352 g/mol. The van der Waals surface area contributed by atoms with Gasteiger partial charge in [0.25, 0.3) is 11.8 Å². The van der Waals surface area contributed by atoms with Gasteiger partial charge in [0.1, 0.15) is 11.3 Å². The van der Waals surface area contributed by atoms with Crippen LogP contribution in [0.25, 0.3) is 0 Å². The summed E-state index contributed by atoms with van der Waals surface area (Å²) < 4.78 is 10.5.